The van der Waals surface area contributed by atoms with Gasteiger partial charge in [-0.3, -0.25) is 14.9 Å². The zero-order valence-corrected chi connectivity index (χ0v) is 13.1. The summed E-state index contributed by atoms with van der Waals surface area (Å²) in [5, 5.41) is 23.1. The summed E-state index contributed by atoms with van der Waals surface area (Å²) in [5.41, 5.74) is 1.06. The first-order valence-corrected chi connectivity index (χ1v) is 7.01. The van der Waals surface area contributed by atoms with Crippen LogP contribution in [0.4, 0.5) is 11.4 Å². The van der Waals surface area contributed by atoms with Gasteiger partial charge in [-0.15, -0.1) is 0 Å². The van der Waals surface area contributed by atoms with Crippen LogP contribution in [-0.4, -0.2) is 15.9 Å². The SMILES string of the molecule is Cc1cc(I)ccc1NC(=O)c1cc([N+](=O)[O-])ccc1O. The summed E-state index contributed by atoms with van der Waals surface area (Å²) in [6.07, 6.45) is 0. The van der Waals surface area contributed by atoms with Gasteiger partial charge in [0.2, 0.25) is 0 Å². The standard InChI is InChI=1S/C14H11IN2O4/c1-8-6-9(15)2-4-12(8)16-14(19)11-7-10(17(20)21)3-5-13(11)18/h2-7,18H,1H3,(H,16,19). The fourth-order valence-electron chi connectivity index (χ4n) is 1.78. The van der Waals surface area contributed by atoms with Gasteiger partial charge in [0, 0.05) is 21.4 Å². The van der Waals surface area contributed by atoms with Gasteiger partial charge < -0.3 is 10.4 Å². The second-order valence-corrected chi connectivity index (χ2v) is 5.62. The summed E-state index contributed by atoms with van der Waals surface area (Å²) < 4.78 is 1.03. The van der Waals surface area contributed by atoms with Crippen LogP contribution in [0.15, 0.2) is 36.4 Å². The van der Waals surface area contributed by atoms with Crippen molar-refractivity contribution in [3.8, 4) is 5.75 Å². The van der Waals surface area contributed by atoms with E-state index in [2.05, 4.69) is 27.9 Å². The Hall–Kier alpha value is -2.16. The van der Waals surface area contributed by atoms with Crippen molar-refractivity contribution in [2.45, 2.75) is 6.92 Å². The number of phenolic OH excluding ortho intramolecular Hbond substituents is 1. The molecule has 7 heteroatoms. The molecule has 0 fully saturated rings. The van der Waals surface area contributed by atoms with Crippen molar-refractivity contribution in [3.63, 3.8) is 0 Å². The van der Waals surface area contributed by atoms with E-state index in [0.717, 1.165) is 27.3 Å². The average Bonchev–Trinajstić information content (AvgIpc) is 2.42. The first-order valence-electron chi connectivity index (χ1n) is 5.93. The molecule has 0 radical (unpaired) electrons. The van der Waals surface area contributed by atoms with Crippen LogP contribution in [0.1, 0.15) is 15.9 Å². The van der Waals surface area contributed by atoms with Gasteiger partial charge in [-0.1, -0.05) is 0 Å². The number of aromatic hydroxyl groups is 1. The zero-order chi connectivity index (χ0) is 15.6. The minimum absolute atomic E-state index is 0.137. The number of benzene rings is 2. The molecular weight excluding hydrogens is 387 g/mol. The molecule has 2 N–H and O–H groups in total. The minimum atomic E-state index is -0.619. The molecule has 0 spiro atoms. The van der Waals surface area contributed by atoms with Crippen molar-refractivity contribution in [1.29, 1.82) is 0 Å². The van der Waals surface area contributed by atoms with E-state index in [1.807, 2.05) is 19.1 Å². The molecule has 0 unspecified atom stereocenters. The number of nitrogens with one attached hydrogen (secondary N) is 1. The minimum Gasteiger partial charge on any atom is -0.507 e. The van der Waals surface area contributed by atoms with Gasteiger partial charge in [0.05, 0.1) is 10.5 Å². The van der Waals surface area contributed by atoms with Crippen LogP contribution in [0, 0.1) is 20.6 Å². The summed E-state index contributed by atoms with van der Waals surface area (Å²) in [4.78, 5) is 22.3. The number of nitro benzene ring substituents is 1. The molecule has 2 aromatic carbocycles. The van der Waals surface area contributed by atoms with Gasteiger partial charge in [-0.2, -0.15) is 0 Å². The van der Waals surface area contributed by atoms with E-state index < -0.39 is 10.8 Å². The Kier molecular flexibility index (Phi) is 4.41. The third-order valence-corrected chi connectivity index (χ3v) is 3.54. The Morgan fingerprint density at radius 2 is 2.00 bits per heavy atom. The van der Waals surface area contributed by atoms with E-state index >= 15 is 0 Å². The number of carbonyl (C=O) groups excluding carboxylic acids is 1. The number of carbonyl (C=O) groups is 1. The topological polar surface area (TPSA) is 92.5 Å². The highest BCUT2D eigenvalue weighted by atomic mass is 127. The maximum atomic E-state index is 12.2. The van der Waals surface area contributed by atoms with E-state index in [4.69, 9.17) is 0 Å². The predicted molar refractivity (Wildman–Crippen MR) is 86.6 cm³/mol. The number of rotatable bonds is 3. The Morgan fingerprint density at radius 3 is 2.62 bits per heavy atom. The molecule has 0 aromatic heterocycles. The molecule has 0 heterocycles. The van der Waals surface area contributed by atoms with E-state index in [1.54, 1.807) is 6.07 Å². The van der Waals surface area contributed by atoms with Crippen molar-refractivity contribution in [2.24, 2.45) is 0 Å². The number of non-ortho nitro benzene ring substituents is 1. The normalized spacial score (nSPS) is 10.2. The molecule has 0 saturated heterocycles. The van der Waals surface area contributed by atoms with Gasteiger partial charge in [0.1, 0.15) is 5.75 Å². The van der Waals surface area contributed by atoms with Crippen LogP contribution in [0.3, 0.4) is 0 Å². The fourth-order valence-corrected chi connectivity index (χ4v) is 2.42. The second-order valence-electron chi connectivity index (χ2n) is 4.37. The zero-order valence-electron chi connectivity index (χ0n) is 11.0. The lowest BCUT2D eigenvalue weighted by atomic mass is 10.1. The lowest BCUT2D eigenvalue weighted by molar-refractivity contribution is -0.384. The highest BCUT2D eigenvalue weighted by Gasteiger charge is 2.17. The van der Waals surface area contributed by atoms with Crippen molar-refractivity contribution in [1.82, 2.24) is 0 Å². The number of halogens is 1. The van der Waals surface area contributed by atoms with Gasteiger partial charge in [-0.25, -0.2) is 0 Å². The quantitative estimate of drug-likeness (QED) is 0.471. The number of hydrogen-bond acceptors (Lipinski definition) is 4. The number of aryl methyl sites for hydroxylation is 1. The lowest BCUT2D eigenvalue weighted by Crippen LogP contribution is -2.13. The van der Waals surface area contributed by atoms with Crippen molar-refractivity contribution in [3.05, 3.63) is 61.2 Å². The van der Waals surface area contributed by atoms with Gasteiger partial charge >= 0.3 is 0 Å². The Balaban J connectivity index is 2.32. The van der Waals surface area contributed by atoms with Gasteiger partial charge in [0.25, 0.3) is 11.6 Å². The van der Waals surface area contributed by atoms with Crippen LogP contribution >= 0.6 is 22.6 Å². The molecule has 21 heavy (non-hydrogen) atoms. The number of phenols is 1. The smallest absolute Gasteiger partial charge is 0.270 e. The molecule has 2 rings (SSSR count). The van der Waals surface area contributed by atoms with E-state index in [-0.39, 0.29) is 17.0 Å². The molecule has 6 nitrogen and oxygen atoms in total. The van der Waals surface area contributed by atoms with Crippen molar-refractivity contribution < 1.29 is 14.8 Å². The largest absolute Gasteiger partial charge is 0.507 e. The second kappa shape index (κ2) is 6.08. The highest BCUT2D eigenvalue weighted by molar-refractivity contribution is 14.1. The average molecular weight is 398 g/mol. The fraction of sp³-hybridized carbons (Fsp3) is 0.0714. The lowest BCUT2D eigenvalue weighted by Gasteiger charge is -2.09. The maximum Gasteiger partial charge on any atom is 0.270 e. The van der Waals surface area contributed by atoms with E-state index in [9.17, 15) is 20.0 Å². The van der Waals surface area contributed by atoms with Crippen molar-refractivity contribution in [2.75, 3.05) is 5.32 Å². The van der Waals surface area contributed by atoms with Crippen LogP contribution in [0.25, 0.3) is 0 Å². The first kappa shape index (κ1) is 15.2. The summed E-state index contributed by atoms with van der Waals surface area (Å²) in [6.45, 7) is 1.84. The highest BCUT2D eigenvalue weighted by Crippen LogP contribution is 2.25. The van der Waals surface area contributed by atoms with Crippen LogP contribution in [0.2, 0.25) is 0 Å². The van der Waals surface area contributed by atoms with Gasteiger partial charge in [0.15, 0.2) is 0 Å². The molecule has 0 aliphatic carbocycles. The third kappa shape index (κ3) is 3.48. The van der Waals surface area contributed by atoms with Crippen LogP contribution < -0.4 is 5.32 Å². The number of anilines is 1. The van der Waals surface area contributed by atoms with Crippen molar-refractivity contribution >= 4 is 39.9 Å². The van der Waals surface area contributed by atoms with E-state index in [0.29, 0.717) is 5.69 Å². The Morgan fingerprint density at radius 1 is 1.29 bits per heavy atom. The molecule has 0 saturated carbocycles. The molecule has 1 amide bonds. The number of hydrogen-bond donors (Lipinski definition) is 2. The molecule has 2 aromatic rings. The summed E-state index contributed by atoms with van der Waals surface area (Å²) >= 11 is 2.16. The summed E-state index contributed by atoms with van der Waals surface area (Å²) in [7, 11) is 0. The molecule has 108 valence electrons. The monoisotopic (exact) mass is 398 g/mol. The number of nitrogens with zero attached hydrogens (tertiary/aromatic N) is 1. The first-order chi connectivity index (χ1) is 9.88. The van der Waals surface area contributed by atoms with Gasteiger partial charge in [-0.05, 0) is 59.3 Å². The van der Waals surface area contributed by atoms with Crippen LogP contribution in [0.5, 0.6) is 5.75 Å². The predicted octanol–water partition coefficient (Wildman–Crippen LogP) is 3.47. The number of nitro groups is 1. The summed E-state index contributed by atoms with van der Waals surface area (Å²) in [5.74, 6) is -0.901. The molecule has 0 aliphatic heterocycles. The Bertz CT molecular complexity index is 731. The number of amides is 1. The third-order valence-electron chi connectivity index (χ3n) is 2.87. The maximum absolute atomic E-state index is 12.2. The molecule has 0 atom stereocenters. The molecular formula is C14H11IN2O4. The Labute approximate surface area is 134 Å². The summed E-state index contributed by atoms with van der Waals surface area (Å²) in [6, 6.07) is 8.78. The molecule has 0 bridgehead atoms. The molecule has 0 aliphatic rings. The van der Waals surface area contributed by atoms with E-state index in [1.165, 1.54) is 0 Å². The van der Waals surface area contributed by atoms with Crippen LogP contribution in [-0.2, 0) is 0 Å².